The molecule has 0 heterocycles. The Balaban J connectivity index is 2.54. The monoisotopic (exact) mass is 227 g/mol. The van der Waals surface area contributed by atoms with Crippen molar-refractivity contribution in [3.63, 3.8) is 0 Å². The van der Waals surface area contributed by atoms with Gasteiger partial charge in [-0.1, -0.05) is 36.7 Å². The average molecular weight is 228 g/mol. The van der Waals surface area contributed by atoms with Gasteiger partial charge in [0.25, 0.3) is 0 Å². The van der Waals surface area contributed by atoms with Crippen LogP contribution < -0.4 is 5.32 Å². The van der Waals surface area contributed by atoms with E-state index in [1.165, 1.54) is 0 Å². The second kappa shape index (κ2) is 6.11. The molecule has 0 aliphatic rings. The Labute approximate surface area is 96.3 Å². The average Bonchev–Trinajstić information content (AvgIpc) is 2.26. The quantitative estimate of drug-likeness (QED) is 0.811. The fraction of sp³-hybridized carbons (Fsp3) is 0.500. The first-order valence-electron chi connectivity index (χ1n) is 5.31. The first-order valence-corrected chi connectivity index (χ1v) is 5.68. The van der Waals surface area contributed by atoms with Gasteiger partial charge < -0.3 is 10.4 Å². The van der Waals surface area contributed by atoms with E-state index in [1.54, 1.807) is 0 Å². The summed E-state index contributed by atoms with van der Waals surface area (Å²) in [7, 11) is 0. The molecule has 0 saturated carbocycles. The first-order chi connectivity index (χ1) is 7.15. The zero-order valence-corrected chi connectivity index (χ0v) is 9.96. The van der Waals surface area contributed by atoms with E-state index in [0.29, 0.717) is 6.54 Å². The van der Waals surface area contributed by atoms with E-state index >= 15 is 0 Å². The van der Waals surface area contributed by atoms with Crippen LogP contribution in [0.1, 0.15) is 31.9 Å². The molecule has 0 fully saturated rings. The number of aliphatic hydroxyl groups is 1. The Hall–Kier alpha value is -0.570. The number of rotatable bonds is 5. The lowest BCUT2D eigenvalue weighted by Crippen LogP contribution is -2.28. The van der Waals surface area contributed by atoms with Gasteiger partial charge in [0.1, 0.15) is 0 Å². The Bertz CT molecular complexity index is 303. The number of benzene rings is 1. The molecule has 3 heteroatoms. The van der Waals surface area contributed by atoms with E-state index in [2.05, 4.69) is 5.32 Å². The van der Waals surface area contributed by atoms with Gasteiger partial charge >= 0.3 is 0 Å². The lowest BCUT2D eigenvalue weighted by Gasteiger charge is -2.17. The van der Waals surface area contributed by atoms with Crippen LogP contribution >= 0.6 is 11.6 Å². The third kappa shape index (κ3) is 3.82. The maximum absolute atomic E-state index is 9.43. The molecule has 0 saturated heterocycles. The van der Waals surface area contributed by atoms with Crippen LogP contribution in [0, 0.1) is 0 Å². The van der Waals surface area contributed by atoms with Gasteiger partial charge in [-0.2, -0.15) is 0 Å². The molecule has 1 aromatic rings. The second-order valence-electron chi connectivity index (χ2n) is 3.71. The zero-order valence-electron chi connectivity index (χ0n) is 9.20. The summed E-state index contributed by atoms with van der Waals surface area (Å²) < 4.78 is 0. The van der Waals surface area contributed by atoms with E-state index in [1.807, 2.05) is 38.1 Å². The highest BCUT2D eigenvalue weighted by Gasteiger charge is 2.09. The predicted octanol–water partition coefficient (Wildman–Crippen LogP) is 2.76. The predicted molar refractivity (Wildman–Crippen MR) is 64.2 cm³/mol. The lowest BCUT2D eigenvalue weighted by molar-refractivity contribution is 0.164. The van der Waals surface area contributed by atoms with Crippen molar-refractivity contribution in [2.24, 2.45) is 0 Å². The minimum atomic E-state index is -0.282. The number of hydrogen-bond donors (Lipinski definition) is 2. The van der Waals surface area contributed by atoms with E-state index in [0.717, 1.165) is 17.0 Å². The van der Waals surface area contributed by atoms with Crippen molar-refractivity contribution in [1.82, 2.24) is 5.32 Å². The topological polar surface area (TPSA) is 32.3 Å². The minimum absolute atomic E-state index is 0.167. The van der Waals surface area contributed by atoms with Gasteiger partial charge in [-0.15, -0.1) is 0 Å². The fourth-order valence-corrected chi connectivity index (χ4v) is 1.69. The molecule has 0 aliphatic heterocycles. The second-order valence-corrected chi connectivity index (χ2v) is 4.12. The van der Waals surface area contributed by atoms with Gasteiger partial charge in [0.2, 0.25) is 0 Å². The first kappa shape index (κ1) is 12.5. The van der Waals surface area contributed by atoms with Crippen molar-refractivity contribution in [2.45, 2.75) is 32.4 Å². The molecular formula is C12H18ClNO. The van der Waals surface area contributed by atoms with Crippen LogP contribution in [0.4, 0.5) is 0 Å². The summed E-state index contributed by atoms with van der Waals surface area (Å²) in [5.74, 6) is 0. The van der Waals surface area contributed by atoms with Crippen LogP contribution in [0.15, 0.2) is 24.3 Å². The Morgan fingerprint density at radius 1 is 1.40 bits per heavy atom. The van der Waals surface area contributed by atoms with Gasteiger partial charge in [0.05, 0.1) is 6.10 Å². The summed E-state index contributed by atoms with van der Waals surface area (Å²) in [5, 5.41) is 13.5. The highest BCUT2D eigenvalue weighted by atomic mass is 35.5. The Morgan fingerprint density at radius 2 is 2.07 bits per heavy atom. The summed E-state index contributed by atoms with van der Waals surface area (Å²) >= 11 is 6.07. The summed E-state index contributed by atoms with van der Waals surface area (Å²) in [5.41, 5.74) is 1.07. The third-order valence-corrected chi connectivity index (χ3v) is 2.85. The molecule has 0 spiro atoms. The molecule has 15 heavy (non-hydrogen) atoms. The standard InChI is InChI=1S/C12H18ClNO/c1-3-10(15)8-14-9(2)11-6-4-5-7-12(11)13/h4-7,9-10,14-15H,3,8H2,1-2H3. The van der Waals surface area contributed by atoms with E-state index in [-0.39, 0.29) is 12.1 Å². The highest BCUT2D eigenvalue weighted by molar-refractivity contribution is 6.31. The smallest absolute Gasteiger partial charge is 0.0662 e. The van der Waals surface area contributed by atoms with Gasteiger partial charge in [-0.3, -0.25) is 0 Å². The largest absolute Gasteiger partial charge is 0.392 e. The molecule has 2 unspecified atom stereocenters. The number of aliphatic hydroxyl groups excluding tert-OH is 1. The molecule has 2 nitrogen and oxygen atoms in total. The maximum atomic E-state index is 9.43. The van der Waals surface area contributed by atoms with Crippen molar-refractivity contribution in [3.8, 4) is 0 Å². The van der Waals surface area contributed by atoms with Crippen LogP contribution in [0.2, 0.25) is 5.02 Å². The molecule has 0 amide bonds. The molecule has 84 valence electrons. The summed E-state index contributed by atoms with van der Waals surface area (Å²) in [6.45, 7) is 4.61. The molecule has 2 atom stereocenters. The molecule has 0 aliphatic carbocycles. The molecular weight excluding hydrogens is 210 g/mol. The van der Waals surface area contributed by atoms with Crippen LogP contribution in [0.5, 0.6) is 0 Å². The van der Waals surface area contributed by atoms with Crippen molar-refractivity contribution >= 4 is 11.6 Å². The van der Waals surface area contributed by atoms with Gasteiger partial charge in [-0.25, -0.2) is 0 Å². The zero-order chi connectivity index (χ0) is 11.3. The Morgan fingerprint density at radius 3 is 2.67 bits per heavy atom. The van der Waals surface area contributed by atoms with Gasteiger partial charge in [-0.05, 0) is 25.0 Å². The number of hydrogen-bond acceptors (Lipinski definition) is 2. The van der Waals surface area contributed by atoms with Crippen molar-refractivity contribution in [2.75, 3.05) is 6.54 Å². The van der Waals surface area contributed by atoms with E-state index in [4.69, 9.17) is 11.6 Å². The SMILES string of the molecule is CCC(O)CNC(C)c1ccccc1Cl. The van der Waals surface area contributed by atoms with Crippen molar-refractivity contribution < 1.29 is 5.11 Å². The van der Waals surface area contributed by atoms with Crippen molar-refractivity contribution in [1.29, 1.82) is 0 Å². The molecule has 0 radical (unpaired) electrons. The van der Waals surface area contributed by atoms with Crippen LogP contribution in [-0.2, 0) is 0 Å². The maximum Gasteiger partial charge on any atom is 0.0662 e. The minimum Gasteiger partial charge on any atom is -0.392 e. The molecule has 1 aromatic carbocycles. The molecule has 2 N–H and O–H groups in total. The van der Waals surface area contributed by atoms with E-state index < -0.39 is 0 Å². The molecule has 0 aromatic heterocycles. The van der Waals surface area contributed by atoms with Crippen LogP contribution in [-0.4, -0.2) is 17.8 Å². The molecule has 1 rings (SSSR count). The van der Waals surface area contributed by atoms with Crippen LogP contribution in [0.3, 0.4) is 0 Å². The van der Waals surface area contributed by atoms with Gasteiger partial charge in [0, 0.05) is 17.6 Å². The third-order valence-electron chi connectivity index (χ3n) is 2.50. The van der Waals surface area contributed by atoms with Crippen LogP contribution in [0.25, 0.3) is 0 Å². The number of nitrogens with one attached hydrogen (secondary N) is 1. The summed E-state index contributed by atoms with van der Waals surface area (Å²) in [4.78, 5) is 0. The van der Waals surface area contributed by atoms with Gasteiger partial charge in [0.15, 0.2) is 0 Å². The lowest BCUT2D eigenvalue weighted by atomic mass is 10.1. The summed E-state index contributed by atoms with van der Waals surface area (Å²) in [6, 6.07) is 7.93. The fourth-order valence-electron chi connectivity index (χ4n) is 1.39. The Kier molecular flexibility index (Phi) is 5.09. The summed E-state index contributed by atoms with van der Waals surface area (Å²) in [6.07, 6.45) is 0.484. The molecule has 0 bridgehead atoms. The van der Waals surface area contributed by atoms with E-state index in [9.17, 15) is 5.11 Å². The number of halogens is 1. The normalized spacial score (nSPS) is 14.9. The van der Waals surface area contributed by atoms with Crippen molar-refractivity contribution in [3.05, 3.63) is 34.9 Å². The highest BCUT2D eigenvalue weighted by Crippen LogP contribution is 2.21.